The van der Waals surface area contributed by atoms with Gasteiger partial charge in [0.1, 0.15) is 27.6 Å². The number of unbranched alkanes of at least 4 members (excludes halogenated alkanes) is 1. The highest BCUT2D eigenvalue weighted by Crippen LogP contribution is 2.36. The molecule has 2 aromatic rings. The lowest BCUT2D eigenvalue weighted by atomic mass is 10.0. The minimum Gasteiger partial charge on any atom is -0.368 e. The van der Waals surface area contributed by atoms with E-state index in [0.29, 0.717) is 58.9 Å². The summed E-state index contributed by atoms with van der Waals surface area (Å²) in [5.74, 6) is 0.261. The Kier molecular flexibility index (Phi) is 7.81. The Labute approximate surface area is 219 Å². The fraction of sp³-hybridized carbons (Fsp3) is 0.385. The van der Waals surface area contributed by atoms with Crippen LogP contribution >= 0.6 is 24.0 Å². The van der Waals surface area contributed by atoms with Crippen LogP contribution < -0.4 is 15.4 Å². The number of anilines is 2. The van der Waals surface area contributed by atoms with E-state index in [1.54, 1.807) is 37.1 Å². The minimum atomic E-state index is -0.362. The number of benzene rings is 1. The van der Waals surface area contributed by atoms with Gasteiger partial charge in [0.15, 0.2) is 0 Å². The molecule has 2 fully saturated rings. The maximum Gasteiger partial charge on any atom is 0.270 e. The molecule has 2 aliphatic rings. The van der Waals surface area contributed by atoms with Crippen molar-refractivity contribution in [2.75, 3.05) is 42.5 Å². The van der Waals surface area contributed by atoms with Crippen LogP contribution in [0.4, 0.5) is 15.9 Å². The fourth-order valence-corrected chi connectivity index (χ4v) is 5.85. The van der Waals surface area contributed by atoms with Gasteiger partial charge in [0.2, 0.25) is 0 Å². The Morgan fingerprint density at radius 2 is 1.78 bits per heavy atom. The van der Waals surface area contributed by atoms with Crippen molar-refractivity contribution < 1.29 is 9.18 Å². The van der Waals surface area contributed by atoms with E-state index < -0.39 is 0 Å². The topological polar surface area (TPSA) is 72.6 Å². The van der Waals surface area contributed by atoms with E-state index >= 15 is 0 Å². The van der Waals surface area contributed by atoms with Crippen LogP contribution in [0.2, 0.25) is 0 Å². The molecule has 0 radical (unpaired) electrons. The number of nitrogens with zero attached hydrogens (tertiary/aromatic N) is 5. The summed E-state index contributed by atoms with van der Waals surface area (Å²) in [5, 5.41) is 9.69. The highest BCUT2D eigenvalue weighted by molar-refractivity contribution is 8.26. The highest BCUT2D eigenvalue weighted by Gasteiger charge is 2.33. The van der Waals surface area contributed by atoms with E-state index in [1.165, 1.54) is 28.5 Å². The normalized spacial score (nSPS) is 17.3. The van der Waals surface area contributed by atoms with Crippen LogP contribution in [-0.2, 0) is 11.8 Å². The van der Waals surface area contributed by atoms with Gasteiger partial charge >= 0.3 is 0 Å². The molecule has 3 heterocycles. The second-order valence-corrected chi connectivity index (χ2v) is 10.5. The van der Waals surface area contributed by atoms with Gasteiger partial charge in [-0.05, 0) is 49.2 Å². The summed E-state index contributed by atoms with van der Waals surface area (Å²) in [6.07, 6.45) is 3.60. The summed E-state index contributed by atoms with van der Waals surface area (Å²) in [4.78, 5) is 32.5. The summed E-state index contributed by atoms with van der Waals surface area (Å²) in [5.41, 5.74) is 1.88. The maximum atomic E-state index is 13.3. The number of amides is 1. The van der Waals surface area contributed by atoms with Crippen LogP contribution in [0.3, 0.4) is 0 Å². The summed E-state index contributed by atoms with van der Waals surface area (Å²) in [6.45, 7) is 6.98. The lowest BCUT2D eigenvalue weighted by Crippen LogP contribution is -2.48. The first-order chi connectivity index (χ1) is 17.3. The zero-order chi connectivity index (χ0) is 26.0. The van der Waals surface area contributed by atoms with Crippen molar-refractivity contribution in [2.45, 2.75) is 26.7 Å². The van der Waals surface area contributed by atoms with E-state index in [2.05, 4.69) is 16.7 Å². The lowest BCUT2D eigenvalue weighted by Gasteiger charge is -2.38. The number of pyridine rings is 1. The molecule has 0 bridgehead atoms. The standard InChI is InChI=1S/C26H28FN5O2S2/c1-4-5-10-32-25(34)22(36-26(32)35)15-20-17(2)21(16-28)24(33)29(3)23(20)31-13-11-30(12-14-31)19-8-6-18(27)7-9-19/h6-9,15H,4-5,10-14H2,1-3H3/b22-15+. The summed E-state index contributed by atoms with van der Waals surface area (Å²) < 4.78 is 15.4. The van der Waals surface area contributed by atoms with Crippen LogP contribution in [0.1, 0.15) is 36.5 Å². The van der Waals surface area contributed by atoms with Crippen LogP contribution in [-0.4, -0.2) is 52.4 Å². The smallest absolute Gasteiger partial charge is 0.270 e. The fourth-order valence-electron chi connectivity index (χ4n) is 4.56. The molecular weight excluding hydrogens is 497 g/mol. The number of carbonyl (C=O) groups is 1. The van der Waals surface area contributed by atoms with E-state index in [1.807, 2.05) is 6.07 Å². The van der Waals surface area contributed by atoms with Crippen molar-refractivity contribution >= 4 is 51.8 Å². The highest BCUT2D eigenvalue weighted by atomic mass is 32.2. The molecule has 0 saturated carbocycles. The largest absolute Gasteiger partial charge is 0.368 e. The predicted octanol–water partition coefficient (Wildman–Crippen LogP) is 4.03. The number of nitriles is 1. The van der Waals surface area contributed by atoms with E-state index in [9.17, 15) is 19.2 Å². The third-order valence-electron chi connectivity index (χ3n) is 6.62. The number of hydrogen-bond acceptors (Lipinski definition) is 7. The number of carbonyl (C=O) groups excluding carboxylic acids is 1. The first-order valence-electron chi connectivity index (χ1n) is 11.9. The number of halogens is 1. The lowest BCUT2D eigenvalue weighted by molar-refractivity contribution is -0.122. The van der Waals surface area contributed by atoms with E-state index in [0.717, 1.165) is 18.5 Å². The van der Waals surface area contributed by atoms with Crippen LogP contribution in [0.5, 0.6) is 0 Å². The van der Waals surface area contributed by atoms with E-state index in [4.69, 9.17) is 12.2 Å². The SMILES string of the molecule is CCCCN1C(=O)/C(=C\c2c(C)c(C#N)c(=O)n(C)c2N2CCN(c3ccc(F)cc3)CC2)SC1=S. The zero-order valence-electron chi connectivity index (χ0n) is 20.6. The average Bonchev–Trinajstić information content (AvgIpc) is 3.14. The zero-order valence-corrected chi connectivity index (χ0v) is 22.2. The van der Waals surface area contributed by atoms with Crippen molar-refractivity contribution in [3.8, 4) is 6.07 Å². The monoisotopic (exact) mass is 525 g/mol. The summed E-state index contributed by atoms with van der Waals surface area (Å²) in [6, 6.07) is 8.46. The van der Waals surface area contributed by atoms with Gasteiger partial charge < -0.3 is 9.80 Å². The average molecular weight is 526 g/mol. The quantitative estimate of drug-likeness (QED) is 0.417. The molecule has 36 heavy (non-hydrogen) atoms. The molecule has 7 nitrogen and oxygen atoms in total. The predicted molar refractivity (Wildman–Crippen MR) is 147 cm³/mol. The third-order valence-corrected chi connectivity index (χ3v) is 8.00. The molecule has 0 N–H and O–H groups in total. The Balaban J connectivity index is 1.70. The number of rotatable bonds is 6. The van der Waals surface area contributed by atoms with Crippen LogP contribution in [0.15, 0.2) is 34.0 Å². The molecule has 0 spiro atoms. The van der Waals surface area contributed by atoms with Crippen molar-refractivity contribution in [3.63, 3.8) is 0 Å². The minimum absolute atomic E-state index is 0.0684. The van der Waals surface area contributed by atoms with Gasteiger partial charge in [-0.25, -0.2) is 4.39 Å². The van der Waals surface area contributed by atoms with Crippen LogP contribution in [0, 0.1) is 24.1 Å². The third kappa shape index (κ3) is 4.90. The Hall–Kier alpha value is -3.16. The number of piperazine rings is 1. The number of thiocarbonyl (C=S) groups is 1. The van der Waals surface area contributed by atoms with E-state index in [-0.39, 0.29) is 22.8 Å². The maximum absolute atomic E-state index is 13.3. The molecule has 2 aliphatic heterocycles. The van der Waals surface area contributed by atoms with Crippen molar-refractivity contribution in [1.82, 2.24) is 9.47 Å². The van der Waals surface area contributed by atoms with Crippen LogP contribution in [0.25, 0.3) is 6.08 Å². The van der Waals surface area contributed by atoms with Gasteiger partial charge in [0, 0.05) is 51.0 Å². The molecule has 10 heteroatoms. The molecule has 1 aromatic carbocycles. The first-order valence-corrected chi connectivity index (χ1v) is 13.1. The molecule has 2 saturated heterocycles. The molecule has 1 aromatic heterocycles. The second kappa shape index (κ2) is 10.8. The molecule has 0 aliphatic carbocycles. The molecule has 4 rings (SSSR count). The van der Waals surface area contributed by atoms with Gasteiger partial charge in [0.25, 0.3) is 11.5 Å². The molecule has 0 unspecified atom stereocenters. The number of thioether (sulfide) groups is 1. The molecule has 1 amide bonds. The van der Waals surface area contributed by atoms with Gasteiger partial charge in [-0.15, -0.1) is 0 Å². The van der Waals surface area contributed by atoms with Gasteiger partial charge in [-0.2, -0.15) is 5.26 Å². The van der Waals surface area contributed by atoms with Gasteiger partial charge in [-0.1, -0.05) is 37.3 Å². The van der Waals surface area contributed by atoms with Gasteiger partial charge in [0.05, 0.1) is 4.91 Å². The first kappa shape index (κ1) is 25.9. The molecule has 0 atom stereocenters. The summed E-state index contributed by atoms with van der Waals surface area (Å²) >= 11 is 6.71. The van der Waals surface area contributed by atoms with Crippen molar-refractivity contribution in [3.05, 3.63) is 62.0 Å². The van der Waals surface area contributed by atoms with Crippen molar-refractivity contribution in [1.29, 1.82) is 5.26 Å². The Morgan fingerprint density at radius 1 is 1.14 bits per heavy atom. The molecular formula is C26H28FN5O2S2. The number of hydrogen-bond donors (Lipinski definition) is 0. The molecule has 188 valence electrons. The number of aromatic nitrogens is 1. The Bertz CT molecular complexity index is 1320. The summed E-state index contributed by atoms with van der Waals surface area (Å²) in [7, 11) is 1.66. The van der Waals surface area contributed by atoms with Gasteiger partial charge in [-0.3, -0.25) is 19.1 Å². The second-order valence-electron chi connectivity index (χ2n) is 8.85. The Morgan fingerprint density at radius 3 is 2.39 bits per heavy atom. The van der Waals surface area contributed by atoms with Crippen molar-refractivity contribution in [2.24, 2.45) is 7.05 Å².